The average molecular weight is 289 g/mol. The van der Waals surface area contributed by atoms with Gasteiger partial charge in [0.05, 0.1) is 5.92 Å². The normalized spacial score (nSPS) is 14.1. The fourth-order valence-corrected chi connectivity index (χ4v) is 2.13. The molecule has 0 aromatic heterocycles. The number of benzene rings is 1. The van der Waals surface area contributed by atoms with E-state index in [1.54, 1.807) is 0 Å². The lowest BCUT2D eigenvalue weighted by molar-refractivity contribution is -0.142. The maximum atomic E-state index is 13.6. The molecule has 3 nitrogen and oxygen atoms in total. The van der Waals surface area contributed by atoms with Crippen molar-refractivity contribution in [1.29, 1.82) is 0 Å². The highest BCUT2D eigenvalue weighted by atomic mass is 19.2. The van der Waals surface area contributed by atoms with Crippen molar-refractivity contribution in [3.63, 3.8) is 0 Å². The molecule has 0 radical (unpaired) electrons. The van der Waals surface area contributed by atoms with Crippen molar-refractivity contribution < 1.29 is 23.1 Å². The lowest BCUT2D eigenvalue weighted by Gasteiger charge is -2.19. The number of hydrogen-bond donors (Lipinski definition) is 2. The van der Waals surface area contributed by atoms with Gasteiger partial charge in [0.1, 0.15) is 0 Å². The highest BCUT2D eigenvalue weighted by molar-refractivity contribution is 5.70. The Labute approximate surface area is 115 Å². The topological polar surface area (TPSA) is 63.3 Å². The number of carboxylic acid groups (broad SMARTS) is 1. The van der Waals surface area contributed by atoms with Gasteiger partial charge < -0.3 is 10.8 Å². The first-order chi connectivity index (χ1) is 9.40. The van der Waals surface area contributed by atoms with Crippen molar-refractivity contribution in [2.75, 3.05) is 6.54 Å². The lowest BCUT2D eigenvalue weighted by Crippen LogP contribution is -2.26. The molecular weight excluding hydrogens is 271 g/mol. The fourth-order valence-electron chi connectivity index (χ4n) is 2.13. The summed E-state index contributed by atoms with van der Waals surface area (Å²) in [6, 6.07) is 2.06. The molecule has 3 N–H and O–H groups in total. The van der Waals surface area contributed by atoms with Gasteiger partial charge in [0, 0.05) is 6.54 Å². The van der Waals surface area contributed by atoms with E-state index in [9.17, 15) is 18.0 Å². The van der Waals surface area contributed by atoms with Crippen LogP contribution in [0.3, 0.4) is 0 Å². The maximum absolute atomic E-state index is 13.6. The number of nitrogens with two attached hydrogens (primary N) is 1. The van der Waals surface area contributed by atoms with Crippen molar-refractivity contribution in [3.8, 4) is 0 Å². The third kappa shape index (κ3) is 3.96. The molecule has 0 heterocycles. The summed E-state index contributed by atoms with van der Waals surface area (Å²) in [5, 5.41) is 8.96. The van der Waals surface area contributed by atoms with Crippen LogP contribution in [0.15, 0.2) is 12.1 Å². The first-order valence-corrected chi connectivity index (χ1v) is 6.45. The molecule has 0 aliphatic heterocycles. The summed E-state index contributed by atoms with van der Waals surface area (Å²) in [7, 11) is 0. The van der Waals surface area contributed by atoms with Crippen molar-refractivity contribution in [1.82, 2.24) is 0 Å². The standard InChI is InChI=1S/C14H18F3NO2/c1-2-8(6-10(7-18)14(19)20)5-9-3-4-11(15)13(17)12(9)16/h3-4,8,10H,2,5-7,18H2,1H3,(H,19,20). The molecule has 1 aromatic rings. The summed E-state index contributed by atoms with van der Waals surface area (Å²) in [6.45, 7) is 1.82. The van der Waals surface area contributed by atoms with Crippen LogP contribution < -0.4 is 5.73 Å². The second-order valence-electron chi connectivity index (χ2n) is 4.82. The van der Waals surface area contributed by atoms with Gasteiger partial charge in [0.15, 0.2) is 17.5 Å². The molecule has 6 heteroatoms. The summed E-state index contributed by atoms with van der Waals surface area (Å²) < 4.78 is 39.6. The van der Waals surface area contributed by atoms with Crippen LogP contribution >= 0.6 is 0 Å². The highest BCUT2D eigenvalue weighted by Gasteiger charge is 2.22. The van der Waals surface area contributed by atoms with E-state index < -0.39 is 29.3 Å². The molecule has 0 aliphatic rings. The number of carbonyl (C=O) groups is 1. The van der Waals surface area contributed by atoms with Crippen LogP contribution in [0.1, 0.15) is 25.3 Å². The number of hydrogen-bond acceptors (Lipinski definition) is 2. The molecule has 0 saturated heterocycles. The van der Waals surface area contributed by atoms with E-state index >= 15 is 0 Å². The molecule has 1 aromatic carbocycles. The lowest BCUT2D eigenvalue weighted by atomic mass is 9.87. The van der Waals surface area contributed by atoms with Crippen molar-refractivity contribution in [3.05, 3.63) is 35.1 Å². The number of halogens is 3. The molecular formula is C14H18F3NO2. The Morgan fingerprint density at radius 3 is 2.45 bits per heavy atom. The van der Waals surface area contributed by atoms with Crippen LogP contribution in [-0.4, -0.2) is 17.6 Å². The van der Waals surface area contributed by atoms with E-state index in [1.165, 1.54) is 6.07 Å². The molecule has 112 valence electrons. The predicted octanol–water partition coefficient (Wildman–Crippen LogP) is 2.72. The van der Waals surface area contributed by atoms with Gasteiger partial charge in [-0.1, -0.05) is 19.4 Å². The van der Waals surface area contributed by atoms with Crippen LogP contribution in [0.25, 0.3) is 0 Å². The highest BCUT2D eigenvalue weighted by Crippen LogP contribution is 2.24. The Balaban J connectivity index is 2.84. The van der Waals surface area contributed by atoms with Crippen LogP contribution in [0, 0.1) is 29.3 Å². The van der Waals surface area contributed by atoms with E-state index in [1.807, 2.05) is 6.92 Å². The largest absolute Gasteiger partial charge is 0.481 e. The van der Waals surface area contributed by atoms with Gasteiger partial charge in [0.2, 0.25) is 0 Å². The number of rotatable bonds is 7. The van der Waals surface area contributed by atoms with E-state index in [2.05, 4.69) is 0 Å². The molecule has 1 rings (SSSR count). The van der Waals surface area contributed by atoms with Gasteiger partial charge in [-0.25, -0.2) is 13.2 Å². The van der Waals surface area contributed by atoms with E-state index in [0.717, 1.165) is 6.07 Å². The second kappa shape index (κ2) is 7.28. The van der Waals surface area contributed by atoms with Crippen molar-refractivity contribution in [2.45, 2.75) is 26.2 Å². The molecule has 0 spiro atoms. The first-order valence-electron chi connectivity index (χ1n) is 6.45. The maximum Gasteiger partial charge on any atom is 0.307 e. The number of aliphatic carboxylic acids is 1. The van der Waals surface area contributed by atoms with Gasteiger partial charge >= 0.3 is 5.97 Å². The van der Waals surface area contributed by atoms with Gasteiger partial charge in [-0.3, -0.25) is 4.79 Å². The molecule has 2 unspecified atom stereocenters. The molecule has 0 amide bonds. The van der Waals surface area contributed by atoms with Crippen molar-refractivity contribution >= 4 is 5.97 Å². The Morgan fingerprint density at radius 2 is 1.95 bits per heavy atom. The van der Waals surface area contributed by atoms with Crippen LogP contribution in [-0.2, 0) is 11.2 Å². The van der Waals surface area contributed by atoms with Gasteiger partial charge in [-0.15, -0.1) is 0 Å². The van der Waals surface area contributed by atoms with Crippen LogP contribution in [0.5, 0.6) is 0 Å². The summed E-state index contributed by atoms with van der Waals surface area (Å²) in [4.78, 5) is 10.9. The summed E-state index contributed by atoms with van der Waals surface area (Å²) in [5.41, 5.74) is 5.43. The van der Waals surface area contributed by atoms with Crippen LogP contribution in [0.2, 0.25) is 0 Å². The summed E-state index contributed by atoms with van der Waals surface area (Å²) in [6.07, 6.45) is 1.03. The smallest absolute Gasteiger partial charge is 0.307 e. The SMILES string of the molecule is CCC(Cc1ccc(F)c(F)c1F)CC(CN)C(=O)O. The fraction of sp³-hybridized carbons (Fsp3) is 0.500. The Morgan fingerprint density at radius 1 is 1.30 bits per heavy atom. The first kappa shape index (κ1) is 16.5. The monoisotopic (exact) mass is 289 g/mol. The van der Waals surface area contributed by atoms with Gasteiger partial charge in [0.25, 0.3) is 0 Å². The molecule has 0 bridgehead atoms. The van der Waals surface area contributed by atoms with Crippen LogP contribution in [0.4, 0.5) is 13.2 Å². The Kier molecular flexibility index (Phi) is 6.01. The summed E-state index contributed by atoms with van der Waals surface area (Å²) in [5.74, 6) is -5.80. The Bertz CT molecular complexity index is 480. The summed E-state index contributed by atoms with van der Waals surface area (Å²) >= 11 is 0. The minimum Gasteiger partial charge on any atom is -0.481 e. The van der Waals surface area contributed by atoms with Gasteiger partial charge in [-0.05, 0) is 30.4 Å². The zero-order valence-electron chi connectivity index (χ0n) is 11.2. The molecule has 0 fully saturated rings. The van der Waals surface area contributed by atoms with E-state index in [-0.39, 0.29) is 30.9 Å². The molecule has 2 atom stereocenters. The van der Waals surface area contributed by atoms with Crippen molar-refractivity contribution in [2.24, 2.45) is 17.6 Å². The average Bonchev–Trinajstić information content (AvgIpc) is 2.42. The zero-order chi connectivity index (χ0) is 15.3. The second-order valence-corrected chi connectivity index (χ2v) is 4.82. The third-order valence-electron chi connectivity index (χ3n) is 3.45. The van der Waals surface area contributed by atoms with E-state index in [0.29, 0.717) is 6.42 Å². The number of carboxylic acids is 1. The molecule has 20 heavy (non-hydrogen) atoms. The Hall–Kier alpha value is -1.56. The predicted molar refractivity (Wildman–Crippen MR) is 68.6 cm³/mol. The molecule has 0 saturated carbocycles. The minimum atomic E-state index is -1.49. The third-order valence-corrected chi connectivity index (χ3v) is 3.45. The quantitative estimate of drug-likeness (QED) is 0.759. The van der Waals surface area contributed by atoms with E-state index in [4.69, 9.17) is 10.8 Å². The zero-order valence-corrected chi connectivity index (χ0v) is 11.2. The van der Waals surface area contributed by atoms with Gasteiger partial charge in [-0.2, -0.15) is 0 Å². The molecule has 0 aliphatic carbocycles. The minimum absolute atomic E-state index is 0.00784.